The van der Waals surface area contributed by atoms with E-state index < -0.39 is 0 Å². The molecule has 6 heteroatoms. The highest BCUT2D eigenvalue weighted by Gasteiger charge is 2.08. The zero-order chi connectivity index (χ0) is 20.8. The third-order valence-electron chi connectivity index (χ3n) is 4.21. The van der Waals surface area contributed by atoms with E-state index in [9.17, 15) is 19.8 Å². The van der Waals surface area contributed by atoms with Crippen molar-refractivity contribution in [3.8, 4) is 17.2 Å². The molecule has 0 saturated heterocycles. The summed E-state index contributed by atoms with van der Waals surface area (Å²) in [7, 11) is 1.56. The average Bonchev–Trinajstić information content (AvgIpc) is 2.75. The summed E-state index contributed by atoms with van der Waals surface area (Å²) in [6.07, 6.45) is 2.91. The number of nitrogens with one attached hydrogen (secondary N) is 1. The van der Waals surface area contributed by atoms with Gasteiger partial charge in [0, 0.05) is 16.8 Å². The number of carbonyl (C=O) groups excluding carboxylic acids is 2. The Morgan fingerprint density at radius 1 is 0.862 bits per heavy atom. The fourth-order valence-electron chi connectivity index (χ4n) is 2.58. The van der Waals surface area contributed by atoms with E-state index in [1.807, 2.05) is 0 Å². The van der Waals surface area contributed by atoms with E-state index in [1.54, 1.807) is 67.8 Å². The van der Waals surface area contributed by atoms with Crippen LogP contribution < -0.4 is 10.1 Å². The number of anilines is 1. The predicted octanol–water partition coefficient (Wildman–Crippen LogP) is 4.25. The number of phenolic OH excluding ortho intramolecular Hbond substituents is 2. The zero-order valence-electron chi connectivity index (χ0n) is 15.6. The summed E-state index contributed by atoms with van der Waals surface area (Å²) in [5.41, 5.74) is 2.09. The summed E-state index contributed by atoms with van der Waals surface area (Å²) >= 11 is 0. The quantitative estimate of drug-likeness (QED) is 0.333. The van der Waals surface area contributed by atoms with Gasteiger partial charge in [-0.15, -0.1) is 0 Å². The molecule has 0 fully saturated rings. The van der Waals surface area contributed by atoms with Crippen molar-refractivity contribution in [1.29, 1.82) is 0 Å². The Balaban J connectivity index is 1.64. The molecule has 0 aliphatic carbocycles. The number of allylic oxidation sites excluding steroid dienone is 1. The van der Waals surface area contributed by atoms with Gasteiger partial charge in [-0.05, 0) is 72.3 Å². The van der Waals surface area contributed by atoms with Crippen molar-refractivity contribution in [2.75, 3.05) is 12.4 Å². The van der Waals surface area contributed by atoms with Crippen molar-refractivity contribution >= 4 is 23.5 Å². The monoisotopic (exact) mass is 389 g/mol. The van der Waals surface area contributed by atoms with Gasteiger partial charge in [-0.1, -0.05) is 12.1 Å². The first-order valence-electron chi connectivity index (χ1n) is 8.76. The van der Waals surface area contributed by atoms with Crippen LogP contribution in [0.2, 0.25) is 0 Å². The number of hydrogen-bond donors (Lipinski definition) is 3. The van der Waals surface area contributed by atoms with Crippen molar-refractivity contribution in [3.05, 3.63) is 89.5 Å². The molecule has 6 nitrogen and oxygen atoms in total. The number of phenols is 2. The molecule has 0 unspecified atom stereocenters. The van der Waals surface area contributed by atoms with E-state index in [-0.39, 0.29) is 23.2 Å². The van der Waals surface area contributed by atoms with Crippen LogP contribution in [0.25, 0.3) is 6.08 Å². The van der Waals surface area contributed by atoms with Crippen LogP contribution in [-0.2, 0) is 0 Å². The normalized spacial score (nSPS) is 10.7. The number of carbonyl (C=O) groups is 2. The molecule has 0 radical (unpaired) electrons. The smallest absolute Gasteiger partial charge is 0.255 e. The highest BCUT2D eigenvalue weighted by atomic mass is 16.5. The van der Waals surface area contributed by atoms with Gasteiger partial charge in [-0.25, -0.2) is 0 Å². The molecule has 1 amide bonds. The maximum Gasteiger partial charge on any atom is 0.255 e. The second kappa shape index (κ2) is 8.75. The fraction of sp³-hybridized carbons (Fsp3) is 0.0435. The molecule has 0 aromatic heterocycles. The van der Waals surface area contributed by atoms with Gasteiger partial charge in [0.1, 0.15) is 5.75 Å². The van der Waals surface area contributed by atoms with E-state index >= 15 is 0 Å². The van der Waals surface area contributed by atoms with Crippen LogP contribution in [-0.4, -0.2) is 29.0 Å². The third kappa shape index (κ3) is 5.01. The maximum absolute atomic E-state index is 12.3. The number of benzene rings is 3. The van der Waals surface area contributed by atoms with Crippen molar-refractivity contribution < 1.29 is 24.5 Å². The molecule has 0 heterocycles. The molecule has 3 rings (SSSR count). The number of hydrogen-bond acceptors (Lipinski definition) is 5. The number of amides is 1. The number of ketones is 1. The lowest BCUT2D eigenvalue weighted by Crippen LogP contribution is -2.11. The molecule has 146 valence electrons. The number of aromatic hydroxyl groups is 2. The first-order chi connectivity index (χ1) is 14.0. The highest BCUT2D eigenvalue weighted by molar-refractivity contribution is 6.08. The van der Waals surface area contributed by atoms with E-state index in [2.05, 4.69) is 5.32 Å². The van der Waals surface area contributed by atoms with Gasteiger partial charge in [0.05, 0.1) is 7.11 Å². The molecule has 29 heavy (non-hydrogen) atoms. The summed E-state index contributed by atoms with van der Waals surface area (Å²) in [5, 5.41) is 21.6. The first-order valence-corrected chi connectivity index (χ1v) is 8.76. The fourth-order valence-corrected chi connectivity index (χ4v) is 2.58. The molecule has 3 N–H and O–H groups in total. The molecule has 0 spiro atoms. The van der Waals surface area contributed by atoms with Crippen molar-refractivity contribution in [2.45, 2.75) is 0 Å². The molecule has 3 aromatic carbocycles. The molecule has 0 saturated carbocycles. The van der Waals surface area contributed by atoms with Crippen LogP contribution in [0, 0.1) is 0 Å². The van der Waals surface area contributed by atoms with Gasteiger partial charge in [-0.2, -0.15) is 0 Å². The van der Waals surface area contributed by atoms with Crippen molar-refractivity contribution in [1.82, 2.24) is 0 Å². The van der Waals surface area contributed by atoms with Gasteiger partial charge in [0.25, 0.3) is 5.91 Å². The van der Waals surface area contributed by atoms with Crippen LogP contribution >= 0.6 is 0 Å². The summed E-state index contributed by atoms with van der Waals surface area (Å²) in [6, 6.07) is 17.6. The lowest BCUT2D eigenvalue weighted by Gasteiger charge is -2.07. The first kappa shape index (κ1) is 19.7. The zero-order valence-corrected chi connectivity index (χ0v) is 15.6. The lowest BCUT2D eigenvalue weighted by molar-refractivity contribution is 0.102. The number of methoxy groups -OCH3 is 1. The van der Waals surface area contributed by atoms with E-state index in [0.717, 1.165) is 0 Å². The standard InChI is InChI=1S/C23H19NO5/c1-29-19-10-6-17(7-11-19)23(28)24-18-8-4-16(5-9-18)20(25)12-2-15-3-13-21(26)22(27)14-15/h2-14,26-27H,1H3,(H,24,28). The third-order valence-corrected chi connectivity index (χ3v) is 4.21. The summed E-state index contributed by atoms with van der Waals surface area (Å²) < 4.78 is 5.07. The van der Waals surface area contributed by atoms with E-state index in [1.165, 1.54) is 18.2 Å². The largest absolute Gasteiger partial charge is 0.504 e. The Morgan fingerprint density at radius 2 is 1.52 bits per heavy atom. The Labute approximate surface area is 167 Å². The van der Waals surface area contributed by atoms with Crippen LogP contribution in [0.1, 0.15) is 26.3 Å². The second-order valence-corrected chi connectivity index (χ2v) is 6.21. The maximum atomic E-state index is 12.3. The Morgan fingerprint density at radius 3 is 2.14 bits per heavy atom. The Kier molecular flexibility index (Phi) is 5.94. The lowest BCUT2D eigenvalue weighted by atomic mass is 10.1. The molecular formula is C23H19NO5. The minimum atomic E-state index is -0.265. The topological polar surface area (TPSA) is 95.9 Å². The van der Waals surface area contributed by atoms with Gasteiger partial charge in [0.2, 0.25) is 0 Å². The molecular weight excluding hydrogens is 370 g/mol. The van der Waals surface area contributed by atoms with Crippen molar-refractivity contribution in [2.24, 2.45) is 0 Å². The number of ether oxygens (including phenoxy) is 1. The molecule has 0 atom stereocenters. The minimum Gasteiger partial charge on any atom is -0.504 e. The molecule has 3 aromatic rings. The SMILES string of the molecule is COc1ccc(C(=O)Nc2ccc(C(=O)C=Cc3ccc(O)c(O)c3)cc2)cc1. The van der Waals surface area contributed by atoms with Crippen molar-refractivity contribution in [3.63, 3.8) is 0 Å². The van der Waals surface area contributed by atoms with Gasteiger partial charge < -0.3 is 20.3 Å². The van der Waals surface area contributed by atoms with E-state index in [0.29, 0.717) is 28.1 Å². The van der Waals surface area contributed by atoms with Crippen LogP contribution in [0.5, 0.6) is 17.2 Å². The van der Waals surface area contributed by atoms with Gasteiger partial charge in [-0.3, -0.25) is 9.59 Å². The Bertz CT molecular complexity index is 1050. The van der Waals surface area contributed by atoms with Gasteiger partial charge >= 0.3 is 0 Å². The second-order valence-electron chi connectivity index (χ2n) is 6.21. The van der Waals surface area contributed by atoms with Crippen LogP contribution in [0.3, 0.4) is 0 Å². The number of rotatable bonds is 6. The molecule has 0 bridgehead atoms. The highest BCUT2D eigenvalue weighted by Crippen LogP contribution is 2.25. The predicted molar refractivity (Wildman–Crippen MR) is 111 cm³/mol. The average molecular weight is 389 g/mol. The molecule has 0 aliphatic rings. The molecule has 0 aliphatic heterocycles. The Hall–Kier alpha value is -4.06. The summed E-state index contributed by atoms with van der Waals surface area (Å²) in [5.74, 6) is -0.304. The van der Waals surface area contributed by atoms with Gasteiger partial charge in [0.15, 0.2) is 17.3 Å². The summed E-state index contributed by atoms with van der Waals surface area (Å²) in [4.78, 5) is 24.6. The van der Waals surface area contributed by atoms with E-state index in [4.69, 9.17) is 4.74 Å². The summed E-state index contributed by atoms with van der Waals surface area (Å²) in [6.45, 7) is 0. The van der Waals surface area contributed by atoms with Crippen LogP contribution in [0.4, 0.5) is 5.69 Å². The van der Waals surface area contributed by atoms with Crippen LogP contribution in [0.15, 0.2) is 72.8 Å². The minimum absolute atomic E-state index is 0.222.